The van der Waals surface area contributed by atoms with Crippen LogP contribution in [0, 0.1) is 5.82 Å². The molecule has 3 aromatic carbocycles. The van der Waals surface area contributed by atoms with Crippen molar-refractivity contribution < 1.29 is 23.5 Å². The maximum absolute atomic E-state index is 13.2. The number of ether oxygens (including phenoxy) is 2. The minimum atomic E-state index is -0.486. The molecule has 6 nitrogen and oxygen atoms in total. The summed E-state index contributed by atoms with van der Waals surface area (Å²) in [5, 5.41) is 3.31. The molecule has 3 aromatic rings. The third-order valence-corrected chi connectivity index (χ3v) is 6.62. The topological polar surface area (TPSA) is 77.0 Å². The van der Waals surface area contributed by atoms with Crippen LogP contribution in [-0.4, -0.2) is 23.6 Å². The average molecular weight is 590 g/mol. The lowest BCUT2D eigenvalue weighted by molar-refractivity contribution is -0.115. The number of carbonyl (C=O) groups is 2. The first-order valence-corrected chi connectivity index (χ1v) is 12.7. The molecule has 10 heteroatoms. The molecular weight excluding hydrogens is 571 g/mol. The number of halogens is 3. The molecule has 1 saturated heterocycles. The van der Waals surface area contributed by atoms with Gasteiger partial charge in [-0.2, -0.15) is 4.99 Å². The summed E-state index contributed by atoms with van der Waals surface area (Å²) in [5.41, 5.74) is 1.85. The molecule has 0 bridgehead atoms. The lowest BCUT2D eigenvalue weighted by Gasteiger charge is -2.15. The monoisotopic (exact) mass is 588 g/mol. The molecule has 36 heavy (non-hydrogen) atoms. The molecule has 0 aliphatic carbocycles. The van der Waals surface area contributed by atoms with Gasteiger partial charge in [0.05, 0.1) is 16.0 Å². The second-order valence-electron chi connectivity index (χ2n) is 7.47. The predicted molar refractivity (Wildman–Crippen MR) is 143 cm³/mol. The van der Waals surface area contributed by atoms with Crippen LogP contribution in [-0.2, 0) is 11.4 Å². The fourth-order valence-electron chi connectivity index (χ4n) is 3.19. The highest BCUT2D eigenvalue weighted by Crippen LogP contribution is 2.39. The minimum Gasteiger partial charge on any atom is -0.490 e. The molecule has 1 heterocycles. The highest BCUT2D eigenvalue weighted by Gasteiger charge is 2.25. The zero-order chi connectivity index (χ0) is 25.7. The number of aliphatic imine (C=N–C) groups is 1. The fraction of sp³-hybridized carbons (Fsp3) is 0.115. The van der Waals surface area contributed by atoms with Gasteiger partial charge in [0.15, 0.2) is 16.7 Å². The van der Waals surface area contributed by atoms with E-state index in [1.54, 1.807) is 54.6 Å². The van der Waals surface area contributed by atoms with Crippen LogP contribution in [0.2, 0.25) is 5.02 Å². The van der Waals surface area contributed by atoms with E-state index in [1.165, 1.54) is 12.1 Å². The standard InChI is InChI=1S/C26H19BrClFN2O4S/c1-2-34-21-12-16(11-20(27)23(21)35-14-15-3-9-19(29)10-4-15)13-22-25(33)31-26(36-22)30-24(32)17-5-7-18(28)8-6-17/h3-13H,2,14H2,1H3,(H,30,31,32,33)/b22-13-. The maximum atomic E-state index is 13.2. The van der Waals surface area contributed by atoms with Crippen molar-refractivity contribution in [2.45, 2.75) is 13.5 Å². The molecule has 184 valence electrons. The third kappa shape index (κ3) is 6.54. The highest BCUT2D eigenvalue weighted by molar-refractivity contribution is 9.10. The summed E-state index contributed by atoms with van der Waals surface area (Å²) in [7, 11) is 0. The average Bonchev–Trinajstić information content (AvgIpc) is 3.18. The first-order chi connectivity index (χ1) is 17.3. The van der Waals surface area contributed by atoms with E-state index in [-0.39, 0.29) is 23.5 Å². The Morgan fingerprint density at radius 2 is 1.86 bits per heavy atom. The summed E-state index contributed by atoms with van der Waals surface area (Å²) in [6, 6.07) is 15.9. The number of hydrogen-bond acceptors (Lipinski definition) is 5. The van der Waals surface area contributed by atoms with Gasteiger partial charge in [-0.1, -0.05) is 23.7 Å². The van der Waals surface area contributed by atoms with E-state index in [2.05, 4.69) is 26.2 Å². The molecule has 1 aliphatic heterocycles. The molecule has 0 radical (unpaired) electrons. The number of amidine groups is 1. The smallest absolute Gasteiger partial charge is 0.279 e. The Balaban J connectivity index is 1.53. The summed E-state index contributed by atoms with van der Waals surface area (Å²) in [6.45, 7) is 2.47. The molecule has 1 N–H and O–H groups in total. The normalized spacial score (nSPS) is 15.3. The van der Waals surface area contributed by atoms with Crippen LogP contribution in [0.4, 0.5) is 4.39 Å². The van der Waals surface area contributed by atoms with Crippen molar-refractivity contribution in [1.29, 1.82) is 0 Å². The van der Waals surface area contributed by atoms with Crippen molar-refractivity contribution in [1.82, 2.24) is 5.32 Å². The Labute approximate surface area is 224 Å². The van der Waals surface area contributed by atoms with Crippen LogP contribution in [0.25, 0.3) is 6.08 Å². The van der Waals surface area contributed by atoms with Crippen molar-refractivity contribution in [2.75, 3.05) is 6.61 Å². The van der Waals surface area contributed by atoms with Gasteiger partial charge < -0.3 is 14.8 Å². The Hall–Kier alpha value is -3.14. The molecule has 0 unspecified atom stereocenters. The number of rotatable bonds is 7. The third-order valence-electron chi connectivity index (χ3n) is 4.87. The molecular formula is C26H19BrClFN2O4S. The van der Waals surface area contributed by atoms with E-state index in [0.717, 1.165) is 17.3 Å². The van der Waals surface area contributed by atoms with E-state index < -0.39 is 5.91 Å². The lowest BCUT2D eigenvalue weighted by Crippen LogP contribution is -2.20. The van der Waals surface area contributed by atoms with Gasteiger partial charge in [-0.05, 0) is 100 Å². The largest absolute Gasteiger partial charge is 0.490 e. The first-order valence-electron chi connectivity index (χ1n) is 10.8. The van der Waals surface area contributed by atoms with Gasteiger partial charge in [0.25, 0.3) is 11.8 Å². The van der Waals surface area contributed by atoms with E-state index in [0.29, 0.717) is 43.6 Å². The van der Waals surface area contributed by atoms with Gasteiger partial charge in [0.2, 0.25) is 0 Å². The molecule has 0 spiro atoms. The van der Waals surface area contributed by atoms with E-state index >= 15 is 0 Å². The van der Waals surface area contributed by atoms with Gasteiger partial charge >= 0.3 is 0 Å². The van der Waals surface area contributed by atoms with E-state index in [1.807, 2.05) is 6.92 Å². The first kappa shape index (κ1) is 25.9. The van der Waals surface area contributed by atoms with Crippen molar-refractivity contribution in [3.63, 3.8) is 0 Å². The van der Waals surface area contributed by atoms with Gasteiger partial charge in [-0.15, -0.1) is 0 Å². The maximum Gasteiger partial charge on any atom is 0.279 e. The Bertz CT molecular complexity index is 1360. The van der Waals surface area contributed by atoms with Crippen LogP contribution in [0.3, 0.4) is 0 Å². The van der Waals surface area contributed by atoms with Gasteiger partial charge in [0.1, 0.15) is 12.4 Å². The highest BCUT2D eigenvalue weighted by atomic mass is 79.9. The second kappa shape index (κ2) is 11.7. The van der Waals surface area contributed by atoms with Crippen molar-refractivity contribution in [3.8, 4) is 11.5 Å². The number of nitrogens with one attached hydrogen (secondary N) is 1. The van der Waals surface area contributed by atoms with Crippen molar-refractivity contribution in [2.24, 2.45) is 4.99 Å². The number of hydrogen-bond donors (Lipinski definition) is 1. The van der Waals surface area contributed by atoms with Crippen LogP contribution in [0.5, 0.6) is 11.5 Å². The molecule has 4 rings (SSSR count). The summed E-state index contributed by atoms with van der Waals surface area (Å²) in [6.07, 6.45) is 1.67. The number of carbonyl (C=O) groups excluding carboxylic acids is 2. The van der Waals surface area contributed by atoms with Crippen LogP contribution >= 0.6 is 39.3 Å². The second-order valence-corrected chi connectivity index (χ2v) is 9.79. The molecule has 1 aliphatic rings. The molecule has 2 amide bonds. The summed E-state index contributed by atoms with van der Waals surface area (Å²) < 4.78 is 25.5. The van der Waals surface area contributed by atoms with Crippen LogP contribution < -0.4 is 14.8 Å². The van der Waals surface area contributed by atoms with Crippen molar-refractivity contribution >= 4 is 62.4 Å². The summed E-state index contributed by atoms with van der Waals surface area (Å²) in [4.78, 5) is 29.3. The lowest BCUT2D eigenvalue weighted by atomic mass is 10.1. The van der Waals surface area contributed by atoms with Gasteiger partial charge in [-0.25, -0.2) is 4.39 Å². The number of nitrogens with zero attached hydrogens (tertiary/aromatic N) is 1. The minimum absolute atomic E-state index is 0.189. The fourth-order valence-corrected chi connectivity index (χ4v) is 4.71. The van der Waals surface area contributed by atoms with E-state index in [4.69, 9.17) is 21.1 Å². The van der Waals surface area contributed by atoms with E-state index in [9.17, 15) is 14.0 Å². The quantitative estimate of drug-likeness (QED) is 0.314. The zero-order valence-corrected chi connectivity index (χ0v) is 22.0. The SMILES string of the molecule is CCOc1cc(/C=C2\SC(=NC(=O)c3ccc(Cl)cc3)NC2=O)cc(Br)c1OCc1ccc(F)cc1. The Morgan fingerprint density at radius 3 is 2.56 bits per heavy atom. The molecule has 0 aromatic heterocycles. The van der Waals surface area contributed by atoms with Crippen LogP contribution in [0.1, 0.15) is 28.4 Å². The summed E-state index contributed by atoms with van der Waals surface area (Å²) >= 11 is 10.4. The Morgan fingerprint density at radius 1 is 1.14 bits per heavy atom. The van der Waals surface area contributed by atoms with Crippen molar-refractivity contribution in [3.05, 3.63) is 97.6 Å². The number of amides is 2. The van der Waals surface area contributed by atoms with Gasteiger partial charge in [0, 0.05) is 10.6 Å². The molecule has 1 fully saturated rings. The zero-order valence-electron chi connectivity index (χ0n) is 18.9. The van der Waals surface area contributed by atoms with Gasteiger partial charge in [-0.3, -0.25) is 9.59 Å². The molecule has 0 saturated carbocycles. The summed E-state index contributed by atoms with van der Waals surface area (Å²) in [5.74, 6) is -0.199. The predicted octanol–water partition coefficient (Wildman–Crippen LogP) is 6.62. The molecule has 0 atom stereocenters. The van der Waals surface area contributed by atoms with Crippen LogP contribution in [0.15, 0.2) is 75.0 Å². The number of benzene rings is 3. The Kier molecular flexibility index (Phi) is 8.45. The number of thioether (sulfide) groups is 1.